The van der Waals surface area contributed by atoms with E-state index in [1.807, 2.05) is 0 Å². The SMILES string of the molecule is FCC(F)C(F)C(F)C(F)Cl. The maximum absolute atomic E-state index is 12.1. The molecule has 0 radical (unpaired) electrons. The summed E-state index contributed by atoms with van der Waals surface area (Å²) in [4.78, 5) is 0. The van der Waals surface area contributed by atoms with E-state index in [1.165, 1.54) is 0 Å². The lowest BCUT2D eigenvalue weighted by Crippen LogP contribution is -2.33. The molecule has 0 rings (SSSR count). The average Bonchev–Trinajstić information content (AvgIpc) is 2.00. The van der Waals surface area contributed by atoms with Crippen molar-refractivity contribution in [3.8, 4) is 0 Å². The van der Waals surface area contributed by atoms with Gasteiger partial charge in [-0.3, -0.25) is 0 Å². The normalized spacial score (nSPS) is 22.4. The second-order valence-electron chi connectivity index (χ2n) is 1.89. The fourth-order valence-electron chi connectivity index (χ4n) is 0.424. The summed E-state index contributed by atoms with van der Waals surface area (Å²) in [5, 5.41) is 0. The molecule has 0 aromatic carbocycles. The van der Waals surface area contributed by atoms with Gasteiger partial charge >= 0.3 is 0 Å². The summed E-state index contributed by atoms with van der Waals surface area (Å²) in [5.74, 6) is 0. The molecule has 11 heavy (non-hydrogen) atoms. The molecule has 0 aromatic heterocycles. The molecule has 0 aliphatic carbocycles. The molecular formula is C5H6ClF5. The van der Waals surface area contributed by atoms with Crippen LogP contribution in [0.25, 0.3) is 0 Å². The van der Waals surface area contributed by atoms with Crippen molar-refractivity contribution in [3.63, 3.8) is 0 Å². The number of alkyl halides is 6. The first kappa shape index (κ1) is 10.9. The third kappa shape index (κ3) is 3.22. The topological polar surface area (TPSA) is 0 Å². The van der Waals surface area contributed by atoms with E-state index in [2.05, 4.69) is 11.6 Å². The van der Waals surface area contributed by atoms with Gasteiger partial charge in [-0.1, -0.05) is 11.6 Å². The maximum Gasteiger partial charge on any atom is 0.207 e. The van der Waals surface area contributed by atoms with Gasteiger partial charge < -0.3 is 0 Å². The second kappa shape index (κ2) is 4.74. The molecule has 0 fully saturated rings. The fourth-order valence-corrected chi connectivity index (χ4v) is 0.563. The van der Waals surface area contributed by atoms with Gasteiger partial charge in [-0.25, -0.2) is 22.0 Å². The highest BCUT2D eigenvalue weighted by Crippen LogP contribution is 2.19. The van der Waals surface area contributed by atoms with Crippen molar-refractivity contribution in [2.75, 3.05) is 6.67 Å². The first-order valence-electron chi connectivity index (χ1n) is 2.77. The molecule has 0 saturated carbocycles. The fraction of sp³-hybridized carbons (Fsp3) is 1.00. The van der Waals surface area contributed by atoms with E-state index in [0.717, 1.165) is 0 Å². The summed E-state index contributed by atoms with van der Waals surface area (Å²) < 4.78 is 59.1. The van der Waals surface area contributed by atoms with E-state index >= 15 is 0 Å². The van der Waals surface area contributed by atoms with Crippen LogP contribution < -0.4 is 0 Å². The predicted molar refractivity (Wildman–Crippen MR) is 31.4 cm³/mol. The Labute approximate surface area is 65.3 Å². The van der Waals surface area contributed by atoms with Gasteiger partial charge in [-0.2, -0.15) is 0 Å². The zero-order valence-corrected chi connectivity index (χ0v) is 6.04. The minimum Gasteiger partial charge on any atom is -0.248 e. The van der Waals surface area contributed by atoms with Crippen LogP contribution in [0.3, 0.4) is 0 Å². The van der Waals surface area contributed by atoms with Gasteiger partial charge in [0.05, 0.1) is 0 Å². The number of hydrogen-bond donors (Lipinski definition) is 0. The smallest absolute Gasteiger partial charge is 0.207 e. The molecule has 4 unspecified atom stereocenters. The molecule has 68 valence electrons. The Bertz CT molecular complexity index is 109. The van der Waals surface area contributed by atoms with Crippen molar-refractivity contribution in [2.45, 2.75) is 24.1 Å². The molecule has 0 bridgehead atoms. The molecule has 4 atom stereocenters. The highest BCUT2D eigenvalue weighted by Gasteiger charge is 2.35. The van der Waals surface area contributed by atoms with Gasteiger partial charge in [0, 0.05) is 0 Å². The average molecular weight is 197 g/mol. The molecule has 0 heterocycles. The van der Waals surface area contributed by atoms with Gasteiger partial charge in [-0.15, -0.1) is 0 Å². The summed E-state index contributed by atoms with van der Waals surface area (Å²) in [6, 6.07) is 0. The first-order chi connectivity index (χ1) is 5.00. The van der Waals surface area contributed by atoms with Crippen LogP contribution in [0.15, 0.2) is 0 Å². The van der Waals surface area contributed by atoms with Crippen LogP contribution in [0.5, 0.6) is 0 Å². The molecule has 0 amide bonds. The predicted octanol–water partition coefficient (Wildman–Crippen LogP) is 2.50. The van der Waals surface area contributed by atoms with E-state index in [4.69, 9.17) is 0 Å². The monoisotopic (exact) mass is 196 g/mol. The van der Waals surface area contributed by atoms with Crippen molar-refractivity contribution in [3.05, 3.63) is 0 Å². The van der Waals surface area contributed by atoms with Crippen LogP contribution in [-0.4, -0.2) is 30.8 Å². The zero-order chi connectivity index (χ0) is 9.02. The molecule has 0 aliphatic rings. The highest BCUT2D eigenvalue weighted by molar-refractivity contribution is 6.20. The zero-order valence-electron chi connectivity index (χ0n) is 5.28. The molecular weight excluding hydrogens is 190 g/mol. The van der Waals surface area contributed by atoms with Gasteiger partial charge in [0.2, 0.25) is 5.63 Å². The molecule has 0 N–H and O–H groups in total. The molecule has 0 nitrogen and oxygen atoms in total. The maximum atomic E-state index is 12.1. The highest BCUT2D eigenvalue weighted by atomic mass is 35.5. The molecule has 0 saturated heterocycles. The van der Waals surface area contributed by atoms with Crippen molar-refractivity contribution >= 4 is 11.6 Å². The summed E-state index contributed by atoms with van der Waals surface area (Å²) in [6.07, 6.45) is -8.31. The van der Waals surface area contributed by atoms with Gasteiger partial charge in [0.25, 0.3) is 0 Å². The second-order valence-corrected chi connectivity index (χ2v) is 2.31. The van der Waals surface area contributed by atoms with Gasteiger partial charge in [0.1, 0.15) is 6.67 Å². The largest absolute Gasteiger partial charge is 0.248 e. The summed E-state index contributed by atoms with van der Waals surface area (Å²) in [5.41, 5.74) is -2.64. The van der Waals surface area contributed by atoms with Gasteiger partial charge in [0.15, 0.2) is 18.5 Å². The lowest BCUT2D eigenvalue weighted by atomic mass is 10.2. The van der Waals surface area contributed by atoms with Crippen LogP contribution in [0.2, 0.25) is 0 Å². The van der Waals surface area contributed by atoms with E-state index in [9.17, 15) is 22.0 Å². The van der Waals surface area contributed by atoms with Crippen LogP contribution in [-0.2, 0) is 0 Å². The first-order valence-corrected chi connectivity index (χ1v) is 3.20. The Morgan fingerprint density at radius 2 is 1.45 bits per heavy atom. The minimum atomic E-state index is -2.84. The standard InChI is InChI=1S/C5H6ClF5/c6-5(11)4(10)3(9)2(8)1-7/h2-5H,1H2. The van der Waals surface area contributed by atoms with Gasteiger partial charge in [-0.05, 0) is 0 Å². The summed E-state index contributed by atoms with van der Waals surface area (Å²) in [7, 11) is 0. The molecule has 6 heteroatoms. The molecule has 0 aromatic rings. The quantitative estimate of drug-likeness (QED) is 0.479. The molecule has 0 spiro atoms. The van der Waals surface area contributed by atoms with E-state index < -0.39 is 30.8 Å². The third-order valence-corrected chi connectivity index (χ3v) is 1.28. The molecule has 0 aliphatic heterocycles. The lowest BCUT2D eigenvalue weighted by molar-refractivity contribution is 0.0453. The Morgan fingerprint density at radius 1 is 1.00 bits per heavy atom. The summed E-state index contributed by atoms with van der Waals surface area (Å²) in [6.45, 7) is -1.69. The Kier molecular flexibility index (Phi) is 4.72. The summed E-state index contributed by atoms with van der Waals surface area (Å²) >= 11 is 4.45. The number of rotatable bonds is 4. The van der Waals surface area contributed by atoms with E-state index in [0.29, 0.717) is 0 Å². The number of halogens is 6. The van der Waals surface area contributed by atoms with Crippen molar-refractivity contribution in [1.82, 2.24) is 0 Å². The number of hydrogen-bond acceptors (Lipinski definition) is 0. The Hall–Kier alpha value is -0.0600. The minimum absolute atomic E-state index is 1.69. The van der Waals surface area contributed by atoms with Crippen LogP contribution in [0.1, 0.15) is 0 Å². The van der Waals surface area contributed by atoms with Crippen LogP contribution in [0.4, 0.5) is 22.0 Å². The van der Waals surface area contributed by atoms with Crippen LogP contribution in [0, 0.1) is 0 Å². The van der Waals surface area contributed by atoms with Crippen LogP contribution >= 0.6 is 11.6 Å². The lowest BCUT2D eigenvalue weighted by Gasteiger charge is -2.14. The Balaban J connectivity index is 3.90. The third-order valence-electron chi connectivity index (χ3n) is 1.04. The van der Waals surface area contributed by atoms with Crippen molar-refractivity contribution in [1.29, 1.82) is 0 Å². The Morgan fingerprint density at radius 3 is 1.73 bits per heavy atom. The van der Waals surface area contributed by atoms with Crippen molar-refractivity contribution < 1.29 is 22.0 Å². The van der Waals surface area contributed by atoms with E-state index in [-0.39, 0.29) is 0 Å². The van der Waals surface area contributed by atoms with E-state index in [1.54, 1.807) is 0 Å². The van der Waals surface area contributed by atoms with Crippen molar-refractivity contribution in [2.24, 2.45) is 0 Å².